The molecule has 1 aliphatic heterocycles. The summed E-state index contributed by atoms with van der Waals surface area (Å²) in [7, 11) is 0. The molecule has 1 amide bonds. The second-order valence-corrected chi connectivity index (χ2v) is 4.80. The number of likely N-dealkylation sites (tertiary alicyclic amines) is 1. The first-order valence-electron chi connectivity index (χ1n) is 6.36. The van der Waals surface area contributed by atoms with Crippen LogP contribution in [-0.2, 0) is 16.1 Å². The minimum atomic E-state index is -1.08. The van der Waals surface area contributed by atoms with Crippen molar-refractivity contribution in [2.24, 2.45) is 11.8 Å². The highest BCUT2D eigenvalue weighted by molar-refractivity contribution is 5.74. The molecule has 6 heteroatoms. The summed E-state index contributed by atoms with van der Waals surface area (Å²) in [6, 6.07) is 9.16. The summed E-state index contributed by atoms with van der Waals surface area (Å²) in [4.78, 5) is 24.1. The molecule has 1 aromatic carbocycles. The van der Waals surface area contributed by atoms with Gasteiger partial charge in [-0.15, -0.1) is 0 Å². The van der Waals surface area contributed by atoms with Crippen molar-refractivity contribution in [2.45, 2.75) is 6.61 Å². The number of halogens is 1. The van der Waals surface area contributed by atoms with Crippen molar-refractivity contribution in [1.29, 1.82) is 0 Å². The Labute approximate surface area is 116 Å². The van der Waals surface area contributed by atoms with Crippen LogP contribution < -0.4 is 0 Å². The van der Waals surface area contributed by atoms with Crippen LogP contribution in [0.15, 0.2) is 30.3 Å². The van der Waals surface area contributed by atoms with E-state index < -0.39 is 30.6 Å². The van der Waals surface area contributed by atoms with Gasteiger partial charge in [-0.1, -0.05) is 30.3 Å². The Hall–Kier alpha value is -2.11. The lowest BCUT2D eigenvalue weighted by Crippen LogP contribution is -2.30. The van der Waals surface area contributed by atoms with E-state index in [0.717, 1.165) is 5.56 Å². The number of carbonyl (C=O) groups is 2. The van der Waals surface area contributed by atoms with Crippen LogP contribution >= 0.6 is 0 Å². The fourth-order valence-corrected chi connectivity index (χ4v) is 2.27. The predicted molar refractivity (Wildman–Crippen MR) is 68.8 cm³/mol. The molecule has 2 atom stereocenters. The third kappa shape index (κ3) is 3.26. The Morgan fingerprint density at radius 1 is 1.30 bits per heavy atom. The number of carboxylic acid groups (broad SMARTS) is 1. The van der Waals surface area contributed by atoms with Gasteiger partial charge in [0.25, 0.3) is 0 Å². The SMILES string of the molecule is O=C(O)[C@H]1CN(C(=O)OCc2ccccc2)C[C@H]1CF. The molecule has 0 aromatic heterocycles. The van der Waals surface area contributed by atoms with Crippen LogP contribution in [-0.4, -0.2) is 41.8 Å². The first-order chi connectivity index (χ1) is 9.61. The molecule has 1 aliphatic rings. The monoisotopic (exact) mass is 281 g/mol. The normalized spacial score (nSPS) is 21.8. The maximum atomic E-state index is 12.8. The van der Waals surface area contributed by atoms with Gasteiger partial charge in [-0.05, 0) is 5.56 Å². The zero-order chi connectivity index (χ0) is 14.5. The number of nitrogens with zero attached hydrogens (tertiary/aromatic N) is 1. The van der Waals surface area contributed by atoms with Gasteiger partial charge in [0.05, 0.1) is 12.6 Å². The summed E-state index contributed by atoms with van der Waals surface area (Å²) in [5, 5.41) is 8.98. The van der Waals surface area contributed by atoms with Crippen molar-refractivity contribution in [2.75, 3.05) is 19.8 Å². The molecule has 0 unspecified atom stereocenters. The maximum absolute atomic E-state index is 12.8. The third-order valence-electron chi connectivity index (χ3n) is 3.42. The van der Waals surface area contributed by atoms with Gasteiger partial charge in [0.15, 0.2) is 0 Å². The summed E-state index contributed by atoms with van der Waals surface area (Å²) in [5.41, 5.74) is 0.844. The Kier molecular flexibility index (Phi) is 4.55. The molecule has 20 heavy (non-hydrogen) atoms. The minimum Gasteiger partial charge on any atom is -0.481 e. The van der Waals surface area contributed by atoms with E-state index in [1.54, 1.807) is 0 Å². The number of carboxylic acids is 1. The smallest absolute Gasteiger partial charge is 0.410 e. The van der Waals surface area contributed by atoms with Crippen LogP contribution in [0.4, 0.5) is 9.18 Å². The summed E-state index contributed by atoms with van der Waals surface area (Å²) >= 11 is 0. The van der Waals surface area contributed by atoms with Crippen LogP contribution in [0.25, 0.3) is 0 Å². The van der Waals surface area contributed by atoms with Crippen molar-refractivity contribution in [3.8, 4) is 0 Å². The van der Waals surface area contributed by atoms with Gasteiger partial charge in [-0.2, -0.15) is 0 Å². The second kappa shape index (κ2) is 6.36. The first-order valence-corrected chi connectivity index (χ1v) is 6.36. The molecule has 108 valence electrons. The molecule has 0 bridgehead atoms. The van der Waals surface area contributed by atoms with Gasteiger partial charge in [0.1, 0.15) is 6.61 Å². The molecule has 0 aliphatic carbocycles. The van der Waals surface area contributed by atoms with Crippen molar-refractivity contribution < 1.29 is 23.8 Å². The third-order valence-corrected chi connectivity index (χ3v) is 3.42. The second-order valence-electron chi connectivity index (χ2n) is 4.80. The van der Waals surface area contributed by atoms with E-state index in [1.807, 2.05) is 30.3 Å². The van der Waals surface area contributed by atoms with Gasteiger partial charge in [0.2, 0.25) is 0 Å². The average Bonchev–Trinajstić information content (AvgIpc) is 2.90. The molecule has 1 heterocycles. The molecule has 5 nitrogen and oxygen atoms in total. The van der Waals surface area contributed by atoms with E-state index in [0.29, 0.717) is 0 Å². The predicted octanol–water partition coefficient (Wildman–Crippen LogP) is 1.93. The standard InChI is InChI=1S/C14H16FNO4/c15-6-11-7-16(8-12(11)13(17)18)14(19)20-9-10-4-2-1-3-5-10/h1-5,11-12H,6-9H2,(H,17,18)/t11-,12+/m1/s1. The number of alkyl halides is 1. The highest BCUT2D eigenvalue weighted by Crippen LogP contribution is 2.25. The molecule has 1 aromatic rings. The van der Waals surface area contributed by atoms with Gasteiger partial charge in [-0.3, -0.25) is 9.18 Å². The molecule has 1 N–H and O–H groups in total. The molecular weight excluding hydrogens is 265 g/mol. The molecule has 2 rings (SSSR count). The van der Waals surface area contributed by atoms with E-state index in [1.165, 1.54) is 4.90 Å². The number of aliphatic carboxylic acids is 1. The number of amides is 1. The number of hydrogen-bond donors (Lipinski definition) is 1. The van der Waals surface area contributed by atoms with Gasteiger partial charge >= 0.3 is 12.1 Å². The molecular formula is C14H16FNO4. The highest BCUT2D eigenvalue weighted by atomic mass is 19.1. The minimum absolute atomic E-state index is 0.00244. The number of benzene rings is 1. The van der Waals surface area contributed by atoms with E-state index in [-0.39, 0.29) is 19.7 Å². The van der Waals surface area contributed by atoms with E-state index in [4.69, 9.17) is 9.84 Å². The Bertz CT molecular complexity index is 479. The van der Waals surface area contributed by atoms with Crippen LogP contribution in [0.3, 0.4) is 0 Å². The lowest BCUT2D eigenvalue weighted by molar-refractivity contribution is -0.142. The number of ether oxygens (including phenoxy) is 1. The Morgan fingerprint density at radius 3 is 2.55 bits per heavy atom. The van der Waals surface area contributed by atoms with Gasteiger partial charge < -0.3 is 14.7 Å². The van der Waals surface area contributed by atoms with Gasteiger partial charge in [-0.25, -0.2) is 4.79 Å². The fourth-order valence-electron chi connectivity index (χ4n) is 2.27. The molecule has 1 saturated heterocycles. The Morgan fingerprint density at radius 2 is 2.00 bits per heavy atom. The van der Waals surface area contributed by atoms with Crippen molar-refractivity contribution in [1.82, 2.24) is 4.90 Å². The van der Waals surface area contributed by atoms with E-state index >= 15 is 0 Å². The van der Waals surface area contributed by atoms with Crippen molar-refractivity contribution in [3.63, 3.8) is 0 Å². The van der Waals surface area contributed by atoms with E-state index in [2.05, 4.69) is 0 Å². The lowest BCUT2D eigenvalue weighted by Gasteiger charge is -2.15. The van der Waals surface area contributed by atoms with Crippen LogP contribution in [0.5, 0.6) is 0 Å². The van der Waals surface area contributed by atoms with E-state index in [9.17, 15) is 14.0 Å². The highest BCUT2D eigenvalue weighted by Gasteiger charge is 2.40. The Balaban J connectivity index is 1.89. The molecule has 0 spiro atoms. The zero-order valence-electron chi connectivity index (χ0n) is 10.9. The van der Waals surface area contributed by atoms with Crippen LogP contribution in [0.2, 0.25) is 0 Å². The fraction of sp³-hybridized carbons (Fsp3) is 0.429. The maximum Gasteiger partial charge on any atom is 0.410 e. The summed E-state index contributed by atoms with van der Waals surface area (Å²) < 4.78 is 17.9. The largest absolute Gasteiger partial charge is 0.481 e. The van der Waals surface area contributed by atoms with Crippen molar-refractivity contribution >= 4 is 12.1 Å². The van der Waals surface area contributed by atoms with Crippen LogP contribution in [0.1, 0.15) is 5.56 Å². The quantitative estimate of drug-likeness (QED) is 0.915. The number of rotatable bonds is 4. The summed E-state index contributed by atoms with van der Waals surface area (Å²) in [6.07, 6.45) is -0.601. The van der Waals surface area contributed by atoms with Crippen molar-refractivity contribution in [3.05, 3.63) is 35.9 Å². The average molecular weight is 281 g/mol. The molecule has 0 saturated carbocycles. The number of hydrogen-bond acceptors (Lipinski definition) is 3. The molecule has 0 radical (unpaired) electrons. The van der Waals surface area contributed by atoms with Gasteiger partial charge in [0, 0.05) is 19.0 Å². The number of carbonyl (C=O) groups excluding carboxylic acids is 1. The zero-order valence-corrected chi connectivity index (χ0v) is 10.9. The topological polar surface area (TPSA) is 66.8 Å². The summed E-state index contributed by atoms with van der Waals surface area (Å²) in [6.45, 7) is -0.549. The van der Waals surface area contributed by atoms with Crippen LogP contribution in [0, 0.1) is 11.8 Å². The summed E-state index contributed by atoms with van der Waals surface area (Å²) in [5.74, 6) is -2.59. The first kappa shape index (κ1) is 14.3. The lowest BCUT2D eigenvalue weighted by atomic mass is 9.98. The molecule has 1 fully saturated rings.